The van der Waals surface area contributed by atoms with Gasteiger partial charge in [0.15, 0.2) is 11.5 Å². The number of carbonyl (C=O) groups is 3. The van der Waals surface area contributed by atoms with Crippen molar-refractivity contribution in [3.8, 4) is 17.2 Å². The van der Waals surface area contributed by atoms with Crippen LogP contribution in [0.4, 0.5) is 10.5 Å². The van der Waals surface area contributed by atoms with Gasteiger partial charge in [-0.3, -0.25) is 19.3 Å². The van der Waals surface area contributed by atoms with Gasteiger partial charge >= 0.3 is 10.1 Å². The second kappa shape index (κ2) is 14.0. The van der Waals surface area contributed by atoms with E-state index in [2.05, 4.69) is 19.2 Å². The number of anilines is 1. The highest BCUT2D eigenvalue weighted by Crippen LogP contribution is 2.36. The van der Waals surface area contributed by atoms with Gasteiger partial charge in [0.25, 0.3) is 11.1 Å². The van der Waals surface area contributed by atoms with Gasteiger partial charge in [0.05, 0.1) is 18.1 Å². The van der Waals surface area contributed by atoms with Crippen LogP contribution in [0.5, 0.6) is 17.2 Å². The Kier molecular flexibility index (Phi) is 10.4. The summed E-state index contributed by atoms with van der Waals surface area (Å²) < 4.78 is 42.9. The highest BCUT2D eigenvalue weighted by Gasteiger charge is 2.35. The fourth-order valence-corrected chi connectivity index (χ4v) is 6.17. The summed E-state index contributed by atoms with van der Waals surface area (Å²) >= 11 is 0.818. The molecule has 44 heavy (non-hydrogen) atoms. The topological polar surface area (TPSA) is 128 Å². The van der Waals surface area contributed by atoms with Gasteiger partial charge in [0, 0.05) is 12.6 Å². The van der Waals surface area contributed by atoms with E-state index in [-0.39, 0.29) is 52.9 Å². The quantitative estimate of drug-likeness (QED) is 0.178. The van der Waals surface area contributed by atoms with Crippen molar-refractivity contribution in [1.29, 1.82) is 0 Å². The first kappa shape index (κ1) is 32.6. The normalized spacial score (nSPS) is 14.3. The molecule has 0 radical (unpaired) electrons. The molecule has 1 heterocycles. The lowest BCUT2D eigenvalue weighted by Gasteiger charge is -2.17. The number of ether oxygens (including phenoxy) is 2. The smallest absolute Gasteiger partial charge is 0.339 e. The van der Waals surface area contributed by atoms with Gasteiger partial charge in [-0.15, -0.1) is 0 Å². The predicted octanol–water partition coefficient (Wildman–Crippen LogP) is 6.36. The maximum Gasteiger partial charge on any atom is 0.339 e. The third-order valence-electron chi connectivity index (χ3n) is 6.47. The third kappa shape index (κ3) is 8.00. The van der Waals surface area contributed by atoms with Crippen LogP contribution in [0.1, 0.15) is 50.3 Å². The molecule has 232 valence electrons. The zero-order chi connectivity index (χ0) is 32.0. The molecular formula is C32H34N2O8S2. The first-order valence-electron chi connectivity index (χ1n) is 14.0. The molecule has 3 aromatic rings. The summed E-state index contributed by atoms with van der Waals surface area (Å²) in [5, 5.41) is 2.17. The molecule has 10 nitrogen and oxygen atoms in total. The maximum absolute atomic E-state index is 13.1. The standard InChI is InChI=1S/C32H34N2O8S2/c1-6-40-29-18-23(8-14-27(29)42-44(38,39)25-11-9-24(10-12-25)33-22(5)35)19-30-31(36)34(32(37)43-30)15-16-41-28-17-21(4)7-13-26(28)20(2)3/h7-14,17-20H,6,15-16H2,1-5H3,(H,33,35)/b30-19-. The molecule has 0 unspecified atom stereocenters. The SMILES string of the molecule is CCOc1cc(/C=C2\SC(=O)N(CCOc3cc(C)ccc3C(C)C)C2=O)ccc1OS(=O)(=O)c1ccc(NC(C)=O)cc1. The zero-order valence-corrected chi connectivity index (χ0v) is 26.7. The molecule has 1 fully saturated rings. The molecule has 0 atom stereocenters. The average Bonchev–Trinajstić information content (AvgIpc) is 3.21. The van der Waals surface area contributed by atoms with Crippen molar-refractivity contribution < 1.29 is 36.5 Å². The summed E-state index contributed by atoms with van der Waals surface area (Å²) in [7, 11) is -4.23. The van der Waals surface area contributed by atoms with Crippen molar-refractivity contribution >= 4 is 50.7 Å². The van der Waals surface area contributed by atoms with Crippen LogP contribution >= 0.6 is 11.8 Å². The fourth-order valence-electron chi connectivity index (χ4n) is 4.36. The summed E-state index contributed by atoms with van der Waals surface area (Å²) in [6.07, 6.45) is 1.55. The van der Waals surface area contributed by atoms with Crippen molar-refractivity contribution in [3.05, 3.63) is 82.3 Å². The number of amides is 3. The van der Waals surface area contributed by atoms with Gasteiger partial charge in [0.2, 0.25) is 5.91 Å². The van der Waals surface area contributed by atoms with Crippen molar-refractivity contribution in [2.75, 3.05) is 25.1 Å². The minimum absolute atomic E-state index is 0.0443. The van der Waals surface area contributed by atoms with Crippen molar-refractivity contribution in [2.24, 2.45) is 0 Å². The van der Waals surface area contributed by atoms with Gasteiger partial charge < -0.3 is 19.0 Å². The number of hydrogen-bond donors (Lipinski definition) is 1. The summed E-state index contributed by atoms with van der Waals surface area (Å²) in [5.41, 5.74) is 3.06. The maximum atomic E-state index is 13.1. The largest absolute Gasteiger partial charge is 0.491 e. The molecule has 3 amide bonds. The van der Waals surface area contributed by atoms with Gasteiger partial charge in [-0.25, -0.2) is 0 Å². The van der Waals surface area contributed by atoms with Crippen LogP contribution in [-0.2, 0) is 19.7 Å². The van der Waals surface area contributed by atoms with Crippen LogP contribution in [0.2, 0.25) is 0 Å². The van der Waals surface area contributed by atoms with Gasteiger partial charge in [0.1, 0.15) is 17.3 Å². The second-order valence-electron chi connectivity index (χ2n) is 10.3. The number of imide groups is 1. The summed E-state index contributed by atoms with van der Waals surface area (Å²) in [4.78, 5) is 38.3. The number of thioether (sulfide) groups is 1. The molecule has 0 saturated carbocycles. The molecular weight excluding hydrogens is 604 g/mol. The minimum atomic E-state index is -4.23. The number of hydrogen-bond acceptors (Lipinski definition) is 9. The minimum Gasteiger partial charge on any atom is -0.491 e. The Morgan fingerprint density at radius 3 is 2.36 bits per heavy atom. The Morgan fingerprint density at radius 2 is 1.70 bits per heavy atom. The van der Waals surface area contributed by atoms with Crippen LogP contribution < -0.4 is 19.0 Å². The van der Waals surface area contributed by atoms with E-state index in [0.717, 1.165) is 33.5 Å². The van der Waals surface area contributed by atoms with E-state index in [1.54, 1.807) is 19.1 Å². The van der Waals surface area contributed by atoms with Gasteiger partial charge in [-0.2, -0.15) is 8.42 Å². The van der Waals surface area contributed by atoms with Crippen molar-refractivity contribution in [1.82, 2.24) is 4.90 Å². The lowest BCUT2D eigenvalue weighted by Crippen LogP contribution is -2.32. The molecule has 0 bridgehead atoms. The Hall–Kier alpha value is -4.29. The zero-order valence-electron chi connectivity index (χ0n) is 25.1. The predicted molar refractivity (Wildman–Crippen MR) is 170 cm³/mol. The molecule has 0 aromatic heterocycles. The number of carbonyl (C=O) groups excluding carboxylic acids is 3. The van der Waals surface area contributed by atoms with E-state index >= 15 is 0 Å². The molecule has 4 rings (SSSR count). The Bertz CT molecular complexity index is 1700. The molecule has 1 N–H and O–H groups in total. The van der Waals surface area contributed by atoms with E-state index in [1.165, 1.54) is 43.3 Å². The summed E-state index contributed by atoms with van der Waals surface area (Å²) in [6.45, 7) is 9.67. The van der Waals surface area contributed by atoms with Crippen LogP contribution in [-0.4, -0.2) is 50.1 Å². The van der Waals surface area contributed by atoms with E-state index in [9.17, 15) is 22.8 Å². The van der Waals surface area contributed by atoms with E-state index in [0.29, 0.717) is 11.3 Å². The number of nitrogens with zero attached hydrogens (tertiary/aromatic N) is 1. The van der Waals surface area contributed by atoms with Gasteiger partial charge in [-0.1, -0.05) is 32.0 Å². The van der Waals surface area contributed by atoms with E-state index < -0.39 is 21.3 Å². The van der Waals surface area contributed by atoms with E-state index in [1.807, 2.05) is 25.1 Å². The lowest BCUT2D eigenvalue weighted by atomic mass is 10.0. The molecule has 0 aliphatic carbocycles. The van der Waals surface area contributed by atoms with Crippen molar-refractivity contribution in [2.45, 2.75) is 45.4 Å². The average molecular weight is 639 g/mol. The lowest BCUT2D eigenvalue weighted by molar-refractivity contribution is -0.123. The highest BCUT2D eigenvalue weighted by molar-refractivity contribution is 8.18. The molecule has 1 saturated heterocycles. The first-order chi connectivity index (χ1) is 20.9. The highest BCUT2D eigenvalue weighted by atomic mass is 32.2. The molecule has 12 heteroatoms. The van der Waals surface area contributed by atoms with Crippen molar-refractivity contribution in [3.63, 3.8) is 0 Å². The van der Waals surface area contributed by atoms with Crippen LogP contribution in [0.25, 0.3) is 6.08 Å². The summed E-state index contributed by atoms with van der Waals surface area (Å²) in [6, 6.07) is 16.1. The van der Waals surface area contributed by atoms with Crippen LogP contribution in [0.3, 0.4) is 0 Å². The number of aryl methyl sites for hydroxylation is 1. The molecule has 1 aliphatic rings. The summed E-state index contributed by atoms with van der Waals surface area (Å²) in [5.74, 6) is 0.364. The molecule has 0 spiro atoms. The first-order valence-corrected chi connectivity index (χ1v) is 16.2. The fraction of sp³-hybridized carbons (Fsp3) is 0.281. The Labute approximate surface area is 261 Å². The van der Waals surface area contributed by atoms with Crippen LogP contribution in [0.15, 0.2) is 70.5 Å². The molecule has 1 aliphatic heterocycles. The third-order valence-corrected chi connectivity index (χ3v) is 8.62. The molecule has 3 aromatic carbocycles. The number of rotatable bonds is 12. The Balaban J connectivity index is 1.47. The Morgan fingerprint density at radius 1 is 0.977 bits per heavy atom. The van der Waals surface area contributed by atoms with Crippen LogP contribution in [0, 0.1) is 6.92 Å². The monoisotopic (exact) mass is 638 g/mol. The second-order valence-corrected chi connectivity index (χ2v) is 12.8. The number of benzene rings is 3. The van der Waals surface area contributed by atoms with Gasteiger partial charge in [-0.05, 0) is 96.8 Å². The number of nitrogens with one attached hydrogen (secondary N) is 1. The van der Waals surface area contributed by atoms with E-state index in [4.69, 9.17) is 13.7 Å².